The lowest BCUT2D eigenvalue weighted by atomic mass is 10.1. The van der Waals surface area contributed by atoms with Crippen LogP contribution >= 0.6 is 0 Å². The number of aromatic nitrogens is 2. The molecule has 0 aliphatic rings. The molecular weight excluding hydrogens is 260 g/mol. The lowest BCUT2D eigenvalue weighted by molar-refractivity contribution is 0.194. The van der Waals surface area contributed by atoms with E-state index in [1.807, 2.05) is 20.8 Å². The smallest absolute Gasteiger partial charge is 0.404 e. The maximum Gasteiger partial charge on any atom is 0.404 e. The van der Waals surface area contributed by atoms with E-state index in [1.54, 1.807) is 6.20 Å². The second-order valence-electron chi connectivity index (χ2n) is 5.38. The molecule has 1 aromatic rings. The molecule has 1 amide bonds. The number of nitrogens with two attached hydrogens (primary N) is 1. The molecule has 0 bridgehead atoms. The number of anilines is 3. The van der Waals surface area contributed by atoms with Gasteiger partial charge in [0.25, 0.3) is 0 Å². The van der Waals surface area contributed by atoms with Crippen LogP contribution in [0.3, 0.4) is 0 Å². The predicted molar refractivity (Wildman–Crippen MR) is 79.0 cm³/mol. The van der Waals surface area contributed by atoms with Gasteiger partial charge in [-0.25, -0.2) is 9.78 Å². The summed E-state index contributed by atoms with van der Waals surface area (Å²) >= 11 is 0. The second-order valence-corrected chi connectivity index (χ2v) is 5.38. The SMILES string of the molecule is CC(C)(C)Nc1ncc(N)c(NCCCNC(=O)O)n1. The first-order valence-corrected chi connectivity index (χ1v) is 6.39. The molecule has 0 radical (unpaired) electrons. The van der Waals surface area contributed by atoms with Crippen LogP contribution in [0.15, 0.2) is 6.20 Å². The average molecular weight is 282 g/mol. The fourth-order valence-corrected chi connectivity index (χ4v) is 1.42. The number of nitrogen functional groups attached to an aromatic ring is 1. The Balaban J connectivity index is 2.52. The maximum atomic E-state index is 10.3. The normalized spacial score (nSPS) is 10.9. The topological polar surface area (TPSA) is 125 Å². The minimum atomic E-state index is -1.02. The number of hydrogen-bond donors (Lipinski definition) is 5. The molecule has 0 saturated carbocycles. The van der Waals surface area contributed by atoms with Crippen LogP contribution in [0, 0.1) is 0 Å². The van der Waals surface area contributed by atoms with Gasteiger partial charge >= 0.3 is 6.09 Å². The molecule has 0 atom stereocenters. The Morgan fingerprint density at radius 1 is 1.40 bits per heavy atom. The van der Waals surface area contributed by atoms with Crippen LogP contribution in [-0.2, 0) is 0 Å². The van der Waals surface area contributed by atoms with Crippen molar-refractivity contribution < 1.29 is 9.90 Å². The van der Waals surface area contributed by atoms with Gasteiger partial charge in [0.1, 0.15) is 0 Å². The van der Waals surface area contributed by atoms with E-state index in [9.17, 15) is 4.79 Å². The highest BCUT2D eigenvalue weighted by Crippen LogP contribution is 2.17. The number of rotatable bonds is 6. The van der Waals surface area contributed by atoms with E-state index in [-0.39, 0.29) is 5.54 Å². The first kappa shape index (κ1) is 15.8. The molecule has 0 unspecified atom stereocenters. The number of carbonyl (C=O) groups is 1. The first-order chi connectivity index (χ1) is 9.28. The van der Waals surface area contributed by atoms with Gasteiger partial charge in [-0.2, -0.15) is 4.98 Å². The lowest BCUT2D eigenvalue weighted by Gasteiger charge is -2.21. The number of nitrogens with one attached hydrogen (secondary N) is 3. The molecule has 1 heterocycles. The molecule has 20 heavy (non-hydrogen) atoms. The van der Waals surface area contributed by atoms with E-state index in [1.165, 1.54) is 0 Å². The summed E-state index contributed by atoms with van der Waals surface area (Å²) in [7, 11) is 0. The third kappa shape index (κ3) is 6.07. The van der Waals surface area contributed by atoms with Crippen molar-refractivity contribution in [3.63, 3.8) is 0 Å². The Hall–Kier alpha value is -2.25. The summed E-state index contributed by atoms with van der Waals surface area (Å²) in [6, 6.07) is 0. The van der Waals surface area contributed by atoms with Crippen molar-refractivity contribution in [1.29, 1.82) is 0 Å². The fourth-order valence-electron chi connectivity index (χ4n) is 1.42. The maximum absolute atomic E-state index is 10.3. The Bertz CT molecular complexity index is 458. The van der Waals surface area contributed by atoms with Gasteiger partial charge in [0.2, 0.25) is 5.95 Å². The van der Waals surface area contributed by atoms with E-state index in [4.69, 9.17) is 10.8 Å². The summed E-state index contributed by atoms with van der Waals surface area (Å²) in [5.74, 6) is 1.04. The van der Waals surface area contributed by atoms with Gasteiger partial charge in [0, 0.05) is 18.6 Å². The molecule has 1 rings (SSSR count). The molecule has 8 heteroatoms. The molecule has 0 aliphatic heterocycles. The van der Waals surface area contributed by atoms with Crippen molar-refractivity contribution >= 4 is 23.5 Å². The minimum Gasteiger partial charge on any atom is -0.465 e. The fraction of sp³-hybridized carbons (Fsp3) is 0.583. The predicted octanol–water partition coefficient (Wildman–Crippen LogP) is 1.34. The molecule has 0 fully saturated rings. The molecular formula is C12H22N6O2. The van der Waals surface area contributed by atoms with Crippen LogP contribution in [0.4, 0.5) is 22.2 Å². The molecule has 0 aliphatic carbocycles. The summed E-state index contributed by atoms with van der Waals surface area (Å²) < 4.78 is 0. The highest BCUT2D eigenvalue weighted by Gasteiger charge is 2.12. The quantitative estimate of drug-likeness (QED) is 0.498. The minimum absolute atomic E-state index is 0.140. The highest BCUT2D eigenvalue weighted by molar-refractivity contribution is 5.64. The molecule has 8 nitrogen and oxygen atoms in total. The Morgan fingerprint density at radius 3 is 2.70 bits per heavy atom. The zero-order chi connectivity index (χ0) is 15.2. The number of hydrogen-bond acceptors (Lipinski definition) is 6. The number of nitrogens with zero attached hydrogens (tertiary/aromatic N) is 2. The van der Waals surface area contributed by atoms with Gasteiger partial charge in [-0.3, -0.25) is 0 Å². The largest absolute Gasteiger partial charge is 0.465 e. The van der Waals surface area contributed by atoms with Crippen molar-refractivity contribution in [3.8, 4) is 0 Å². The van der Waals surface area contributed by atoms with Gasteiger partial charge in [0.15, 0.2) is 5.82 Å². The zero-order valence-corrected chi connectivity index (χ0v) is 12.0. The van der Waals surface area contributed by atoms with Gasteiger partial charge < -0.3 is 26.8 Å². The molecule has 0 saturated heterocycles. The van der Waals surface area contributed by atoms with E-state index in [2.05, 4.69) is 25.9 Å². The molecule has 0 aromatic carbocycles. The zero-order valence-electron chi connectivity index (χ0n) is 12.0. The average Bonchev–Trinajstić information content (AvgIpc) is 2.30. The molecule has 112 valence electrons. The Kier molecular flexibility index (Phi) is 5.36. The summed E-state index contributed by atoms with van der Waals surface area (Å²) in [6.45, 7) is 6.98. The standard InChI is InChI=1S/C12H22N6O2/c1-12(2,3)18-10-16-7-8(13)9(17-10)14-5-4-6-15-11(19)20/h7,15H,4-6,13H2,1-3H3,(H,19,20)(H2,14,16,17,18). The van der Waals surface area contributed by atoms with Crippen molar-refractivity contribution in [1.82, 2.24) is 15.3 Å². The molecule has 0 spiro atoms. The summed E-state index contributed by atoms with van der Waals surface area (Å²) in [5.41, 5.74) is 6.11. The van der Waals surface area contributed by atoms with Crippen LogP contribution in [-0.4, -0.2) is 39.8 Å². The van der Waals surface area contributed by atoms with E-state index in [0.717, 1.165) is 0 Å². The van der Waals surface area contributed by atoms with Gasteiger partial charge in [-0.05, 0) is 27.2 Å². The van der Waals surface area contributed by atoms with Gasteiger partial charge in [-0.15, -0.1) is 0 Å². The van der Waals surface area contributed by atoms with Crippen LogP contribution in [0.5, 0.6) is 0 Å². The van der Waals surface area contributed by atoms with Crippen LogP contribution in [0.25, 0.3) is 0 Å². The van der Waals surface area contributed by atoms with Gasteiger partial charge in [0.05, 0.1) is 11.9 Å². The van der Waals surface area contributed by atoms with Crippen molar-refractivity contribution in [2.45, 2.75) is 32.7 Å². The van der Waals surface area contributed by atoms with Crippen molar-refractivity contribution in [2.24, 2.45) is 0 Å². The second kappa shape index (κ2) is 6.78. The van der Waals surface area contributed by atoms with Crippen LogP contribution in [0.2, 0.25) is 0 Å². The summed E-state index contributed by atoms with van der Waals surface area (Å²) in [6.07, 6.45) is 1.15. The van der Waals surface area contributed by atoms with Crippen molar-refractivity contribution in [3.05, 3.63) is 6.20 Å². The number of amides is 1. The van der Waals surface area contributed by atoms with E-state index < -0.39 is 6.09 Å². The Morgan fingerprint density at radius 2 is 2.10 bits per heavy atom. The monoisotopic (exact) mass is 282 g/mol. The van der Waals surface area contributed by atoms with E-state index >= 15 is 0 Å². The number of carboxylic acid groups (broad SMARTS) is 1. The van der Waals surface area contributed by atoms with E-state index in [0.29, 0.717) is 37.0 Å². The lowest BCUT2D eigenvalue weighted by Crippen LogP contribution is -2.27. The van der Waals surface area contributed by atoms with Crippen LogP contribution in [0.1, 0.15) is 27.2 Å². The first-order valence-electron chi connectivity index (χ1n) is 6.39. The van der Waals surface area contributed by atoms with Crippen LogP contribution < -0.4 is 21.7 Å². The third-order valence-corrected chi connectivity index (χ3v) is 2.23. The summed E-state index contributed by atoms with van der Waals surface area (Å²) in [4.78, 5) is 18.7. The Labute approximate surface area is 118 Å². The highest BCUT2D eigenvalue weighted by atomic mass is 16.4. The summed E-state index contributed by atoms with van der Waals surface area (Å²) in [5, 5.41) is 16.9. The molecule has 1 aromatic heterocycles. The van der Waals surface area contributed by atoms with Crippen molar-refractivity contribution in [2.75, 3.05) is 29.5 Å². The van der Waals surface area contributed by atoms with Gasteiger partial charge in [-0.1, -0.05) is 0 Å². The third-order valence-electron chi connectivity index (χ3n) is 2.23. The molecule has 6 N–H and O–H groups in total.